The molecule has 0 unspecified atom stereocenters. The highest BCUT2D eigenvalue weighted by Crippen LogP contribution is 2.27. The van der Waals surface area contributed by atoms with Crippen molar-refractivity contribution in [2.45, 2.75) is 0 Å². The fraction of sp³-hybridized carbons (Fsp3) is 0.143. The lowest BCUT2D eigenvalue weighted by molar-refractivity contribution is -0.384. The maximum Gasteiger partial charge on any atom is 0.394 e. The standard InChI is InChI=1S/C7H9N3O3.H2O4S/c1-13-5-2-3-7(10(11)12)6(4-5)9-8;1-5(2,3)4/h2-4,9H,8H2,1H3;(H2,1,2,3,4). The van der Waals surface area contributed by atoms with E-state index in [0.717, 1.165) is 0 Å². The summed E-state index contributed by atoms with van der Waals surface area (Å²) in [6.07, 6.45) is 0. The molecule has 18 heavy (non-hydrogen) atoms. The Morgan fingerprint density at radius 3 is 2.28 bits per heavy atom. The molecule has 0 aromatic heterocycles. The molecular weight excluding hydrogens is 270 g/mol. The number of nitrogen functional groups attached to an aromatic ring is 1. The van der Waals surface area contributed by atoms with E-state index in [1.54, 1.807) is 0 Å². The van der Waals surface area contributed by atoms with Crippen LogP contribution in [0.25, 0.3) is 0 Å². The SMILES string of the molecule is COc1ccc([N+](=O)[O-])c(NN)c1.O=S(=O)(O)O. The van der Waals surface area contributed by atoms with Gasteiger partial charge in [-0.1, -0.05) is 0 Å². The van der Waals surface area contributed by atoms with Crippen LogP contribution in [0.5, 0.6) is 5.75 Å². The molecule has 11 heteroatoms. The third kappa shape index (κ3) is 6.59. The molecule has 0 aliphatic heterocycles. The minimum Gasteiger partial charge on any atom is -0.497 e. The summed E-state index contributed by atoms with van der Waals surface area (Å²) in [5, 5.41) is 10.4. The van der Waals surface area contributed by atoms with Gasteiger partial charge in [-0.2, -0.15) is 8.42 Å². The molecule has 0 aliphatic carbocycles. The Morgan fingerprint density at radius 1 is 1.44 bits per heavy atom. The van der Waals surface area contributed by atoms with Gasteiger partial charge in [-0.15, -0.1) is 0 Å². The second kappa shape index (κ2) is 6.70. The number of nitrogens with two attached hydrogens (primary N) is 1. The molecule has 0 saturated carbocycles. The molecule has 1 aromatic carbocycles. The number of nitrogens with one attached hydrogen (secondary N) is 1. The molecule has 0 heterocycles. The van der Waals surface area contributed by atoms with E-state index in [1.807, 2.05) is 0 Å². The summed E-state index contributed by atoms with van der Waals surface area (Å²) < 4.78 is 36.5. The number of methoxy groups -OCH3 is 1. The van der Waals surface area contributed by atoms with E-state index < -0.39 is 15.3 Å². The molecule has 0 atom stereocenters. The van der Waals surface area contributed by atoms with Crippen LogP contribution in [0.15, 0.2) is 18.2 Å². The first kappa shape index (κ1) is 16.1. The topological polar surface area (TPSA) is 165 Å². The van der Waals surface area contributed by atoms with Crippen molar-refractivity contribution in [3.05, 3.63) is 28.3 Å². The van der Waals surface area contributed by atoms with Crippen molar-refractivity contribution in [3.63, 3.8) is 0 Å². The number of hydrogen-bond acceptors (Lipinski definition) is 7. The van der Waals surface area contributed by atoms with Gasteiger partial charge in [-0.25, -0.2) is 0 Å². The zero-order chi connectivity index (χ0) is 14.3. The first-order chi connectivity index (χ1) is 8.19. The molecule has 1 aromatic rings. The summed E-state index contributed by atoms with van der Waals surface area (Å²) in [4.78, 5) is 9.93. The van der Waals surface area contributed by atoms with Gasteiger partial charge in [0.2, 0.25) is 0 Å². The van der Waals surface area contributed by atoms with Crippen LogP contribution in [0.1, 0.15) is 0 Å². The molecule has 0 amide bonds. The number of anilines is 1. The van der Waals surface area contributed by atoms with Gasteiger partial charge in [-0.05, 0) is 6.07 Å². The zero-order valence-corrected chi connectivity index (χ0v) is 9.92. The predicted molar refractivity (Wildman–Crippen MR) is 61.6 cm³/mol. The Morgan fingerprint density at radius 2 is 1.94 bits per heavy atom. The summed E-state index contributed by atoms with van der Waals surface area (Å²) in [6, 6.07) is 4.28. The normalized spacial score (nSPS) is 10.0. The molecule has 1 rings (SSSR count). The van der Waals surface area contributed by atoms with Gasteiger partial charge in [-0.3, -0.25) is 25.1 Å². The van der Waals surface area contributed by atoms with E-state index >= 15 is 0 Å². The number of nitro benzene ring substituents is 1. The largest absolute Gasteiger partial charge is 0.497 e. The first-order valence-corrected chi connectivity index (χ1v) is 5.57. The fourth-order valence-corrected chi connectivity index (χ4v) is 0.917. The molecular formula is C7H11N3O7S. The fourth-order valence-electron chi connectivity index (χ4n) is 0.917. The number of hydrazine groups is 1. The predicted octanol–water partition coefficient (Wildman–Crippen LogP) is 0.236. The Kier molecular flexibility index (Phi) is 5.98. The molecule has 0 saturated heterocycles. The molecule has 102 valence electrons. The lowest BCUT2D eigenvalue weighted by Crippen LogP contribution is -2.09. The number of benzene rings is 1. The van der Waals surface area contributed by atoms with Crippen LogP contribution in [0.4, 0.5) is 11.4 Å². The van der Waals surface area contributed by atoms with Crippen LogP contribution in [0, 0.1) is 10.1 Å². The molecule has 10 nitrogen and oxygen atoms in total. The van der Waals surface area contributed by atoms with Gasteiger partial charge in [0, 0.05) is 12.1 Å². The molecule has 0 aliphatic rings. The van der Waals surface area contributed by atoms with Crippen molar-refractivity contribution in [1.29, 1.82) is 0 Å². The van der Waals surface area contributed by atoms with E-state index in [1.165, 1.54) is 25.3 Å². The second-order valence-corrected chi connectivity index (χ2v) is 3.63. The zero-order valence-electron chi connectivity index (χ0n) is 9.10. The maximum absolute atomic E-state index is 10.4. The number of hydrogen-bond donors (Lipinski definition) is 4. The van der Waals surface area contributed by atoms with E-state index in [4.69, 9.17) is 28.1 Å². The monoisotopic (exact) mass is 281 g/mol. The summed E-state index contributed by atoms with van der Waals surface area (Å²) >= 11 is 0. The van der Waals surface area contributed by atoms with Crippen molar-refractivity contribution in [3.8, 4) is 5.75 Å². The van der Waals surface area contributed by atoms with E-state index in [-0.39, 0.29) is 11.4 Å². The van der Waals surface area contributed by atoms with Gasteiger partial charge in [0.25, 0.3) is 5.69 Å². The molecule has 5 N–H and O–H groups in total. The van der Waals surface area contributed by atoms with Crippen molar-refractivity contribution >= 4 is 21.8 Å². The summed E-state index contributed by atoms with van der Waals surface area (Å²) in [7, 11) is -3.19. The number of nitro groups is 1. The summed E-state index contributed by atoms with van der Waals surface area (Å²) in [5.74, 6) is 5.61. The highest BCUT2D eigenvalue weighted by atomic mass is 32.3. The number of nitrogens with zero attached hydrogens (tertiary/aromatic N) is 1. The smallest absolute Gasteiger partial charge is 0.394 e. The number of rotatable bonds is 3. The van der Waals surface area contributed by atoms with E-state index in [9.17, 15) is 10.1 Å². The lowest BCUT2D eigenvalue weighted by Gasteiger charge is -2.03. The van der Waals surface area contributed by atoms with E-state index in [2.05, 4.69) is 5.43 Å². The first-order valence-electron chi connectivity index (χ1n) is 4.18. The minimum atomic E-state index is -4.67. The Labute approximate surface area is 102 Å². The second-order valence-electron chi connectivity index (χ2n) is 2.73. The number of ether oxygens (including phenoxy) is 1. The summed E-state index contributed by atoms with van der Waals surface area (Å²) in [5.41, 5.74) is 2.38. The van der Waals surface area contributed by atoms with Crippen LogP contribution in [-0.4, -0.2) is 29.6 Å². The van der Waals surface area contributed by atoms with Gasteiger partial charge in [0.15, 0.2) is 0 Å². The third-order valence-corrected chi connectivity index (χ3v) is 1.56. The lowest BCUT2D eigenvalue weighted by atomic mass is 10.2. The van der Waals surface area contributed by atoms with Gasteiger partial charge in [0.1, 0.15) is 11.4 Å². The minimum absolute atomic E-state index is 0.0803. The summed E-state index contributed by atoms with van der Waals surface area (Å²) in [6.45, 7) is 0. The molecule has 0 fully saturated rings. The maximum atomic E-state index is 10.4. The average Bonchev–Trinajstić information content (AvgIpc) is 2.25. The van der Waals surface area contributed by atoms with E-state index in [0.29, 0.717) is 5.75 Å². The van der Waals surface area contributed by atoms with Crippen LogP contribution >= 0.6 is 0 Å². The molecule has 0 radical (unpaired) electrons. The van der Waals surface area contributed by atoms with Crippen molar-refractivity contribution in [2.24, 2.45) is 5.84 Å². The highest BCUT2D eigenvalue weighted by molar-refractivity contribution is 7.79. The highest BCUT2D eigenvalue weighted by Gasteiger charge is 2.12. The third-order valence-electron chi connectivity index (χ3n) is 1.56. The average molecular weight is 281 g/mol. The Bertz CT molecular complexity index is 508. The van der Waals surface area contributed by atoms with Crippen LogP contribution in [0.2, 0.25) is 0 Å². The molecule has 0 spiro atoms. The van der Waals surface area contributed by atoms with Crippen LogP contribution in [0.3, 0.4) is 0 Å². The molecule has 0 bridgehead atoms. The Hall–Kier alpha value is -1.95. The van der Waals surface area contributed by atoms with Crippen LogP contribution < -0.4 is 16.0 Å². The van der Waals surface area contributed by atoms with Crippen molar-refractivity contribution < 1.29 is 27.2 Å². The van der Waals surface area contributed by atoms with Gasteiger partial charge < -0.3 is 10.2 Å². The van der Waals surface area contributed by atoms with Gasteiger partial charge >= 0.3 is 10.4 Å². The Balaban J connectivity index is 0.000000494. The quantitative estimate of drug-likeness (QED) is 0.262. The van der Waals surface area contributed by atoms with Crippen molar-refractivity contribution in [2.75, 3.05) is 12.5 Å². The van der Waals surface area contributed by atoms with Crippen LogP contribution in [-0.2, 0) is 10.4 Å². The van der Waals surface area contributed by atoms with Gasteiger partial charge in [0.05, 0.1) is 12.0 Å². The van der Waals surface area contributed by atoms with Crippen molar-refractivity contribution in [1.82, 2.24) is 0 Å².